The Morgan fingerprint density at radius 1 is 1.37 bits per heavy atom. The normalized spacial score (nSPS) is 13.5. The number of rotatable bonds is 5. The van der Waals surface area contributed by atoms with E-state index in [4.69, 9.17) is 10.5 Å². The van der Waals surface area contributed by atoms with Crippen LogP contribution in [-0.4, -0.2) is 29.9 Å². The molecule has 0 aromatic carbocycles. The fourth-order valence-corrected chi connectivity index (χ4v) is 2.11. The van der Waals surface area contributed by atoms with Gasteiger partial charge in [0.1, 0.15) is 5.75 Å². The molecule has 1 aromatic heterocycles. The fraction of sp³-hybridized carbons (Fsp3) is 0.462. The smallest absolute Gasteiger partial charge is 0.258 e. The number of fused-ring (bicyclic) bond motifs is 1. The molecule has 0 aliphatic heterocycles. The number of aromatic nitrogens is 1. The van der Waals surface area contributed by atoms with E-state index in [0.717, 1.165) is 36.9 Å². The summed E-state index contributed by atoms with van der Waals surface area (Å²) in [5, 5.41) is 2.38. The first-order valence-corrected chi connectivity index (χ1v) is 6.31. The minimum atomic E-state index is -0.574. The molecule has 3 N–H and O–H groups in total. The Bertz CT molecular complexity index is 488. The van der Waals surface area contributed by atoms with Gasteiger partial charge in [0.05, 0.1) is 6.54 Å². The molecular weight excluding hydrogens is 246 g/mol. The predicted octanol–water partition coefficient (Wildman–Crippen LogP) is -0.0593. The van der Waals surface area contributed by atoms with E-state index in [1.807, 2.05) is 0 Å². The van der Waals surface area contributed by atoms with Crippen LogP contribution in [-0.2, 0) is 22.4 Å². The average molecular weight is 263 g/mol. The second-order valence-corrected chi connectivity index (χ2v) is 4.47. The highest BCUT2D eigenvalue weighted by molar-refractivity contribution is 5.84. The van der Waals surface area contributed by atoms with Crippen LogP contribution in [0.1, 0.15) is 24.1 Å². The van der Waals surface area contributed by atoms with Crippen molar-refractivity contribution in [1.82, 2.24) is 10.3 Å². The van der Waals surface area contributed by atoms with E-state index in [1.165, 1.54) is 0 Å². The molecule has 1 aliphatic carbocycles. The molecule has 0 radical (unpaired) electrons. The monoisotopic (exact) mass is 263 g/mol. The minimum absolute atomic E-state index is 0.121. The summed E-state index contributed by atoms with van der Waals surface area (Å²) in [4.78, 5) is 26.3. The van der Waals surface area contributed by atoms with Crippen molar-refractivity contribution < 1.29 is 14.3 Å². The van der Waals surface area contributed by atoms with Crippen molar-refractivity contribution in [3.05, 3.63) is 23.5 Å². The molecule has 0 unspecified atom stereocenters. The quantitative estimate of drug-likeness (QED) is 0.778. The number of aryl methyl sites for hydroxylation is 1. The molecule has 2 rings (SSSR count). The maximum absolute atomic E-state index is 11.4. The lowest BCUT2D eigenvalue weighted by Gasteiger charge is -2.18. The molecule has 0 bridgehead atoms. The number of nitrogens with zero attached hydrogens (tertiary/aromatic N) is 1. The number of hydrogen-bond donors (Lipinski definition) is 2. The maximum atomic E-state index is 11.4. The van der Waals surface area contributed by atoms with Gasteiger partial charge in [-0.15, -0.1) is 0 Å². The number of carbonyl (C=O) groups excluding carboxylic acids is 2. The number of ether oxygens (including phenoxy) is 1. The zero-order chi connectivity index (χ0) is 13.7. The molecule has 0 atom stereocenters. The largest absolute Gasteiger partial charge is 0.483 e. The number of pyridine rings is 1. The predicted molar refractivity (Wildman–Crippen MR) is 68.6 cm³/mol. The topological polar surface area (TPSA) is 94.3 Å². The third-order valence-corrected chi connectivity index (χ3v) is 3.01. The van der Waals surface area contributed by atoms with E-state index in [0.29, 0.717) is 5.75 Å². The number of nitrogens with one attached hydrogen (secondary N) is 1. The highest BCUT2D eigenvalue weighted by Gasteiger charge is 2.15. The van der Waals surface area contributed by atoms with Crippen LogP contribution in [0.15, 0.2) is 12.3 Å². The summed E-state index contributed by atoms with van der Waals surface area (Å²) in [6.07, 6.45) is 5.84. The molecule has 1 aromatic rings. The van der Waals surface area contributed by atoms with Crippen LogP contribution in [0.3, 0.4) is 0 Å². The molecule has 0 saturated heterocycles. The van der Waals surface area contributed by atoms with E-state index in [1.54, 1.807) is 12.3 Å². The van der Waals surface area contributed by atoms with Gasteiger partial charge in [-0.3, -0.25) is 14.6 Å². The fourth-order valence-electron chi connectivity index (χ4n) is 2.11. The van der Waals surface area contributed by atoms with Crippen molar-refractivity contribution in [1.29, 1.82) is 0 Å². The first-order chi connectivity index (χ1) is 9.16. The van der Waals surface area contributed by atoms with Gasteiger partial charge < -0.3 is 15.8 Å². The van der Waals surface area contributed by atoms with Crippen molar-refractivity contribution in [2.75, 3.05) is 13.2 Å². The third kappa shape index (κ3) is 3.67. The third-order valence-electron chi connectivity index (χ3n) is 3.01. The molecule has 0 saturated carbocycles. The summed E-state index contributed by atoms with van der Waals surface area (Å²) >= 11 is 0. The molecular formula is C13H17N3O3. The van der Waals surface area contributed by atoms with Crippen LogP contribution in [0, 0.1) is 0 Å². The Hall–Kier alpha value is -2.11. The molecule has 6 heteroatoms. The second kappa shape index (κ2) is 6.17. The lowest BCUT2D eigenvalue weighted by Crippen LogP contribution is -2.36. The van der Waals surface area contributed by atoms with Gasteiger partial charge >= 0.3 is 0 Å². The van der Waals surface area contributed by atoms with Gasteiger partial charge in [-0.25, -0.2) is 0 Å². The Labute approximate surface area is 111 Å². The summed E-state index contributed by atoms with van der Waals surface area (Å²) in [6, 6.07) is 1.77. The van der Waals surface area contributed by atoms with Crippen LogP contribution in [0.2, 0.25) is 0 Å². The van der Waals surface area contributed by atoms with Crippen LogP contribution >= 0.6 is 0 Å². The molecule has 1 aliphatic rings. The average Bonchev–Trinajstić information content (AvgIpc) is 2.42. The summed E-state index contributed by atoms with van der Waals surface area (Å²) in [5.74, 6) is -0.228. The first kappa shape index (κ1) is 13.3. The number of primary amides is 1. The lowest BCUT2D eigenvalue weighted by molar-refractivity contribution is -0.126. The van der Waals surface area contributed by atoms with E-state index in [-0.39, 0.29) is 19.1 Å². The number of hydrogen-bond acceptors (Lipinski definition) is 4. The highest BCUT2D eigenvalue weighted by atomic mass is 16.5. The van der Waals surface area contributed by atoms with Crippen LogP contribution < -0.4 is 15.8 Å². The molecule has 102 valence electrons. The minimum Gasteiger partial charge on any atom is -0.483 e. The van der Waals surface area contributed by atoms with Gasteiger partial charge in [0.15, 0.2) is 6.61 Å². The van der Waals surface area contributed by atoms with Gasteiger partial charge in [0, 0.05) is 17.5 Å². The van der Waals surface area contributed by atoms with Crippen molar-refractivity contribution in [2.45, 2.75) is 25.7 Å². The molecule has 19 heavy (non-hydrogen) atoms. The Balaban J connectivity index is 1.92. The van der Waals surface area contributed by atoms with E-state index >= 15 is 0 Å². The molecule has 2 amide bonds. The number of carbonyl (C=O) groups is 2. The van der Waals surface area contributed by atoms with Gasteiger partial charge in [-0.05, 0) is 31.7 Å². The van der Waals surface area contributed by atoms with E-state index in [2.05, 4.69) is 10.3 Å². The summed E-state index contributed by atoms with van der Waals surface area (Å²) in [5.41, 5.74) is 7.09. The lowest BCUT2D eigenvalue weighted by atomic mass is 9.95. The van der Waals surface area contributed by atoms with Crippen molar-refractivity contribution in [3.8, 4) is 5.75 Å². The maximum Gasteiger partial charge on any atom is 0.258 e. The standard InChI is InChI=1S/C13H17N3O3/c14-12(17)7-16-13(18)8-19-11-5-6-15-10-4-2-1-3-9(10)11/h5-6H,1-4,7-8H2,(H2,14,17)(H,16,18). The van der Waals surface area contributed by atoms with Crippen LogP contribution in [0.4, 0.5) is 0 Å². The number of amides is 2. The Kier molecular flexibility index (Phi) is 4.33. The van der Waals surface area contributed by atoms with Gasteiger partial charge in [-0.2, -0.15) is 0 Å². The van der Waals surface area contributed by atoms with Gasteiger partial charge in [-0.1, -0.05) is 0 Å². The summed E-state index contributed by atoms with van der Waals surface area (Å²) in [7, 11) is 0. The van der Waals surface area contributed by atoms with Crippen molar-refractivity contribution >= 4 is 11.8 Å². The summed E-state index contributed by atoms with van der Waals surface area (Å²) in [6.45, 7) is -0.291. The molecule has 6 nitrogen and oxygen atoms in total. The number of nitrogens with two attached hydrogens (primary N) is 1. The van der Waals surface area contributed by atoms with Gasteiger partial charge in [0.2, 0.25) is 5.91 Å². The Morgan fingerprint density at radius 3 is 2.95 bits per heavy atom. The van der Waals surface area contributed by atoms with E-state index < -0.39 is 5.91 Å². The molecule has 1 heterocycles. The zero-order valence-corrected chi connectivity index (χ0v) is 10.6. The second-order valence-electron chi connectivity index (χ2n) is 4.47. The van der Waals surface area contributed by atoms with Crippen molar-refractivity contribution in [2.24, 2.45) is 5.73 Å². The van der Waals surface area contributed by atoms with Crippen LogP contribution in [0.25, 0.3) is 0 Å². The van der Waals surface area contributed by atoms with Gasteiger partial charge in [0.25, 0.3) is 5.91 Å². The van der Waals surface area contributed by atoms with Crippen LogP contribution in [0.5, 0.6) is 5.75 Å². The zero-order valence-electron chi connectivity index (χ0n) is 10.6. The SMILES string of the molecule is NC(=O)CNC(=O)COc1ccnc2c1CCCC2. The Morgan fingerprint density at radius 2 is 2.16 bits per heavy atom. The van der Waals surface area contributed by atoms with Crippen molar-refractivity contribution in [3.63, 3.8) is 0 Å². The first-order valence-electron chi connectivity index (χ1n) is 6.31. The molecule has 0 spiro atoms. The highest BCUT2D eigenvalue weighted by Crippen LogP contribution is 2.27. The molecule has 0 fully saturated rings. The summed E-state index contributed by atoms with van der Waals surface area (Å²) < 4.78 is 5.49. The van der Waals surface area contributed by atoms with E-state index in [9.17, 15) is 9.59 Å².